The molecule has 1 aromatic carbocycles. The molecule has 102 valence electrons. The topological polar surface area (TPSA) is 82.5 Å². The van der Waals surface area contributed by atoms with Crippen LogP contribution in [0.2, 0.25) is 0 Å². The van der Waals surface area contributed by atoms with Crippen molar-refractivity contribution in [1.29, 1.82) is 0 Å². The molecule has 0 amide bonds. The summed E-state index contributed by atoms with van der Waals surface area (Å²) in [5.41, 5.74) is 6.66. The van der Waals surface area contributed by atoms with Gasteiger partial charge in [-0.1, -0.05) is 11.3 Å². The quantitative estimate of drug-likeness (QED) is 0.720. The number of carbonyl (C=O) groups is 1. The number of benzene rings is 1. The van der Waals surface area contributed by atoms with Crippen molar-refractivity contribution in [3.63, 3.8) is 0 Å². The summed E-state index contributed by atoms with van der Waals surface area (Å²) < 4.78 is 19.8. The molecule has 3 rings (SSSR count). The van der Waals surface area contributed by atoms with Gasteiger partial charge in [-0.3, -0.25) is 0 Å². The third kappa shape index (κ3) is 1.67. The lowest BCUT2D eigenvalue weighted by molar-refractivity contribution is 0.0529. The van der Waals surface area contributed by atoms with Crippen LogP contribution in [-0.2, 0) is 4.74 Å². The van der Waals surface area contributed by atoms with Crippen LogP contribution in [0.25, 0.3) is 16.3 Å². The van der Waals surface area contributed by atoms with Gasteiger partial charge in [0.1, 0.15) is 17.2 Å². The molecule has 2 heterocycles. The highest BCUT2D eigenvalue weighted by atomic mass is 19.1. The largest absolute Gasteiger partial charge is 0.462 e. The number of rotatable bonds is 2. The zero-order valence-corrected chi connectivity index (χ0v) is 10.6. The predicted octanol–water partition coefficient (Wildman–Crippen LogP) is 1.78. The summed E-state index contributed by atoms with van der Waals surface area (Å²) in [5, 5.41) is 8.58. The van der Waals surface area contributed by atoms with E-state index in [2.05, 4.69) is 10.3 Å². The number of aromatic nitrogens is 3. The number of esters is 1. The number of nitrogens with zero attached hydrogens (tertiary/aromatic N) is 3. The van der Waals surface area contributed by atoms with E-state index in [1.807, 2.05) is 0 Å². The first-order valence-electron chi connectivity index (χ1n) is 6.01. The van der Waals surface area contributed by atoms with Gasteiger partial charge in [-0.15, -0.1) is 5.10 Å². The summed E-state index contributed by atoms with van der Waals surface area (Å²) in [6.07, 6.45) is 1.47. The van der Waals surface area contributed by atoms with Crippen LogP contribution in [0.4, 0.5) is 10.2 Å². The minimum absolute atomic E-state index is 0.120. The molecule has 0 atom stereocenters. The first-order chi connectivity index (χ1) is 9.63. The first-order valence-corrected chi connectivity index (χ1v) is 6.01. The lowest BCUT2D eigenvalue weighted by Gasteiger charge is -2.11. The molecule has 0 aliphatic heterocycles. The van der Waals surface area contributed by atoms with E-state index < -0.39 is 11.8 Å². The molecule has 2 aromatic heterocycles. The van der Waals surface area contributed by atoms with Crippen molar-refractivity contribution in [2.45, 2.75) is 6.92 Å². The van der Waals surface area contributed by atoms with Gasteiger partial charge in [-0.05, 0) is 19.1 Å². The number of nitrogens with two attached hydrogens (primary N) is 1. The number of halogens is 1. The Bertz CT molecular complexity index is 828. The maximum absolute atomic E-state index is 13.5. The molecule has 0 saturated carbocycles. The Morgan fingerprint density at radius 3 is 3.00 bits per heavy atom. The average Bonchev–Trinajstić information content (AvgIpc) is 2.90. The smallest absolute Gasteiger partial charge is 0.342 e. The molecule has 20 heavy (non-hydrogen) atoms. The van der Waals surface area contributed by atoms with Gasteiger partial charge in [0.2, 0.25) is 0 Å². The molecule has 0 fully saturated rings. The molecule has 0 aliphatic carbocycles. The maximum atomic E-state index is 13.5. The van der Waals surface area contributed by atoms with Crippen molar-refractivity contribution >= 4 is 28.1 Å². The third-order valence-electron chi connectivity index (χ3n) is 3.04. The fraction of sp³-hybridized carbons (Fsp3) is 0.154. The number of nitrogen functional groups attached to an aromatic ring is 1. The van der Waals surface area contributed by atoms with E-state index in [-0.39, 0.29) is 18.0 Å². The van der Waals surface area contributed by atoms with Crippen LogP contribution in [0, 0.1) is 5.82 Å². The van der Waals surface area contributed by atoms with Crippen molar-refractivity contribution in [2.75, 3.05) is 12.3 Å². The van der Waals surface area contributed by atoms with Crippen LogP contribution >= 0.6 is 0 Å². The molecular formula is C13H11FN4O2. The lowest BCUT2D eigenvalue weighted by Crippen LogP contribution is -2.13. The van der Waals surface area contributed by atoms with Crippen LogP contribution in [0.1, 0.15) is 17.3 Å². The molecular weight excluding hydrogens is 263 g/mol. The summed E-state index contributed by atoms with van der Waals surface area (Å²) in [7, 11) is 0. The fourth-order valence-corrected chi connectivity index (χ4v) is 2.20. The minimum Gasteiger partial charge on any atom is -0.462 e. The van der Waals surface area contributed by atoms with E-state index in [9.17, 15) is 9.18 Å². The third-order valence-corrected chi connectivity index (χ3v) is 3.04. The minimum atomic E-state index is -0.570. The lowest BCUT2D eigenvalue weighted by atomic mass is 10.0. The second kappa shape index (κ2) is 4.44. The van der Waals surface area contributed by atoms with Gasteiger partial charge in [0, 0.05) is 10.8 Å². The summed E-state index contributed by atoms with van der Waals surface area (Å²) in [6, 6.07) is 4.08. The van der Waals surface area contributed by atoms with Gasteiger partial charge in [0.05, 0.1) is 18.3 Å². The van der Waals surface area contributed by atoms with E-state index in [1.165, 1.54) is 28.9 Å². The van der Waals surface area contributed by atoms with Crippen molar-refractivity contribution in [1.82, 2.24) is 14.8 Å². The summed E-state index contributed by atoms with van der Waals surface area (Å²) in [4.78, 5) is 12.1. The van der Waals surface area contributed by atoms with Gasteiger partial charge in [0.25, 0.3) is 0 Å². The molecule has 6 nitrogen and oxygen atoms in total. The molecule has 2 N–H and O–H groups in total. The van der Waals surface area contributed by atoms with Crippen molar-refractivity contribution in [2.24, 2.45) is 0 Å². The average molecular weight is 274 g/mol. The van der Waals surface area contributed by atoms with Crippen LogP contribution in [0.3, 0.4) is 0 Å². The Kier molecular flexibility index (Phi) is 2.74. The molecule has 0 spiro atoms. The van der Waals surface area contributed by atoms with E-state index in [0.29, 0.717) is 16.3 Å². The summed E-state index contributed by atoms with van der Waals surface area (Å²) >= 11 is 0. The molecule has 0 bridgehead atoms. The zero-order valence-electron chi connectivity index (χ0n) is 10.6. The van der Waals surface area contributed by atoms with E-state index in [0.717, 1.165) is 0 Å². The highest BCUT2D eigenvalue weighted by molar-refractivity contribution is 6.12. The fourth-order valence-electron chi connectivity index (χ4n) is 2.20. The number of carbonyl (C=O) groups excluding carboxylic acids is 1. The Morgan fingerprint density at radius 2 is 2.25 bits per heavy atom. The van der Waals surface area contributed by atoms with Gasteiger partial charge in [-0.2, -0.15) is 4.52 Å². The maximum Gasteiger partial charge on any atom is 0.342 e. The first kappa shape index (κ1) is 12.3. The number of hydrogen-bond donors (Lipinski definition) is 1. The molecule has 7 heteroatoms. The Labute approximate surface area is 112 Å². The zero-order chi connectivity index (χ0) is 14.3. The molecule has 0 unspecified atom stereocenters. The van der Waals surface area contributed by atoms with Crippen LogP contribution in [0.5, 0.6) is 0 Å². The summed E-state index contributed by atoms with van der Waals surface area (Å²) in [6.45, 7) is 1.92. The number of fused-ring (bicyclic) bond motifs is 3. The number of pyridine rings is 1. The normalized spacial score (nSPS) is 11.1. The summed E-state index contributed by atoms with van der Waals surface area (Å²) in [5.74, 6) is -0.866. The molecule has 0 radical (unpaired) electrons. The van der Waals surface area contributed by atoms with Crippen LogP contribution < -0.4 is 5.73 Å². The van der Waals surface area contributed by atoms with E-state index in [1.54, 1.807) is 6.92 Å². The van der Waals surface area contributed by atoms with Crippen molar-refractivity contribution in [3.05, 3.63) is 35.8 Å². The van der Waals surface area contributed by atoms with Gasteiger partial charge < -0.3 is 10.5 Å². The Balaban J connectivity index is 2.46. The van der Waals surface area contributed by atoms with Crippen LogP contribution in [0.15, 0.2) is 24.4 Å². The highest BCUT2D eigenvalue weighted by Gasteiger charge is 2.20. The second-order valence-corrected chi connectivity index (χ2v) is 4.20. The molecule has 3 aromatic rings. The van der Waals surface area contributed by atoms with Gasteiger partial charge in [0.15, 0.2) is 0 Å². The SMILES string of the molecule is CCOC(=O)c1c(N)n2nncc2c2cc(F)ccc12. The Hall–Kier alpha value is -2.70. The monoisotopic (exact) mass is 274 g/mol. The van der Waals surface area contributed by atoms with Crippen molar-refractivity contribution < 1.29 is 13.9 Å². The highest BCUT2D eigenvalue weighted by Crippen LogP contribution is 2.29. The van der Waals surface area contributed by atoms with Gasteiger partial charge >= 0.3 is 5.97 Å². The number of hydrogen-bond acceptors (Lipinski definition) is 5. The van der Waals surface area contributed by atoms with E-state index >= 15 is 0 Å². The molecule has 0 saturated heterocycles. The second-order valence-electron chi connectivity index (χ2n) is 4.20. The van der Waals surface area contributed by atoms with Crippen LogP contribution in [-0.4, -0.2) is 27.4 Å². The van der Waals surface area contributed by atoms with E-state index in [4.69, 9.17) is 10.5 Å². The Morgan fingerprint density at radius 1 is 1.45 bits per heavy atom. The number of anilines is 1. The predicted molar refractivity (Wildman–Crippen MR) is 70.8 cm³/mol. The standard InChI is InChI=1S/C13H11FN4O2/c1-2-20-13(19)11-8-4-3-7(14)5-9(8)10-6-16-17-18(10)12(11)15/h3-6H,2,15H2,1H3. The molecule has 0 aliphatic rings. The van der Waals surface area contributed by atoms with Gasteiger partial charge in [-0.25, -0.2) is 9.18 Å². The number of ether oxygens (including phenoxy) is 1. The van der Waals surface area contributed by atoms with Crippen molar-refractivity contribution in [3.8, 4) is 0 Å².